The summed E-state index contributed by atoms with van der Waals surface area (Å²) in [6.45, 7) is 2.37. The van der Waals surface area contributed by atoms with E-state index < -0.39 is 6.04 Å². The van der Waals surface area contributed by atoms with Gasteiger partial charge in [0.05, 0.1) is 16.5 Å². The molecule has 0 bridgehead atoms. The maximum absolute atomic E-state index is 13.8. The fourth-order valence-electron chi connectivity index (χ4n) is 4.85. The van der Waals surface area contributed by atoms with Crippen LogP contribution in [0.5, 0.6) is 0 Å². The number of benzene rings is 3. The molecule has 0 unspecified atom stereocenters. The van der Waals surface area contributed by atoms with Crippen LogP contribution in [0.15, 0.2) is 72.8 Å². The summed E-state index contributed by atoms with van der Waals surface area (Å²) in [6, 6.07) is 22.7. The molecular weight excluding hydrogens is 491 g/mol. The van der Waals surface area contributed by atoms with E-state index in [1.165, 1.54) is 0 Å². The molecule has 4 rings (SSSR count). The third kappa shape index (κ3) is 7.11. The third-order valence-electron chi connectivity index (χ3n) is 6.75. The monoisotopic (exact) mass is 522 g/mol. The zero-order valence-corrected chi connectivity index (χ0v) is 22.1. The first kappa shape index (κ1) is 26.2. The van der Waals surface area contributed by atoms with E-state index in [9.17, 15) is 9.59 Å². The summed E-state index contributed by atoms with van der Waals surface area (Å²) in [5.74, 6) is -0.224. The standard InChI is InChI=1S/C30H32Cl2N2O2/c1-21-8-7-11-24(16-21)20-34(29(35)19-23-14-15-26(31)27(32)17-23)28(18-22-9-3-2-4-10-22)30(36)33-25-12-5-6-13-25/h2-4,7-11,14-17,25,28H,5-6,12-13,18-20H2,1H3,(H,33,36)/t28-/m1/s1. The average Bonchev–Trinajstić information content (AvgIpc) is 3.37. The zero-order valence-electron chi connectivity index (χ0n) is 20.6. The Balaban J connectivity index is 1.66. The summed E-state index contributed by atoms with van der Waals surface area (Å²) in [5, 5.41) is 4.10. The van der Waals surface area contributed by atoms with Crippen LogP contribution >= 0.6 is 23.2 Å². The Morgan fingerprint density at radius 2 is 1.61 bits per heavy atom. The van der Waals surface area contributed by atoms with E-state index in [2.05, 4.69) is 11.4 Å². The lowest BCUT2D eigenvalue weighted by molar-refractivity contribution is -0.141. The molecule has 3 aromatic rings. The predicted octanol–water partition coefficient (Wildman–Crippen LogP) is 6.54. The number of rotatable bonds is 9. The van der Waals surface area contributed by atoms with Gasteiger partial charge in [-0.3, -0.25) is 9.59 Å². The van der Waals surface area contributed by atoms with Gasteiger partial charge < -0.3 is 10.2 Å². The number of carbonyl (C=O) groups excluding carboxylic acids is 2. The van der Waals surface area contributed by atoms with Crippen molar-refractivity contribution in [3.05, 3.63) is 105 Å². The fraction of sp³-hybridized carbons (Fsp3) is 0.333. The van der Waals surface area contributed by atoms with Crippen LogP contribution < -0.4 is 5.32 Å². The van der Waals surface area contributed by atoms with E-state index in [1.807, 2.05) is 61.5 Å². The SMILES string of the molecule is Cc1cccc(CN(C(=O)Cc2ccc(Cl)c(Cl)c2)[C@H](Cc2ccccc2)C(=O)NC2CCCC2)c1. The second-order valence-corrected chi connectivity index (χ2v) is 10.4. The summed E-state index contributed by atoms with van der Waals surface area (Å²) in [6.07, 6.45) is 4.79. The number of hydrogen-bond acceptors (Lipinski definition) is 2. The van der Waals surface area contributed by atoms with Crippen LogP contribution in [0, 0.1) is 6.92 Å². The quantitative estimate of drug-likeness (QED) is 0.346. The molecule has 1 fully saturated rings. The van der Waals surface area contributed by atoms with Crippen LogP contribution in [0.1, 0.15) is 47.9 Å². The van der Waals surface area contributed by atoms with E-state index in [4.69, 9.17) is 23.2 Å². The molecule has 0 saturated heterocycles. The molecule has 0 radical (unpaired) electrons. The Morgan fingerprint density at radius 3 is 2.31 bits per heavy atom. The van der Waals surface area contributed by atoms with Gasteiger partial charge in [0.15, 0.2) is 0 Å². The molecule has 0 heterocycles. The molecule has 0 aliphatic heterocycles. The molecule has 0 spiro atoms. The second kappa shape index (κ2) is 12.4. The molecule has 3 aromatic carbocycles. The number of carbonyl (C=O) groups is 2. The molecule has 1 aliphatic carbocycles. The normalized spacial score (nSPS) is 14.4. The third-order valence-corrected chi connectivity index (χ3v) is 7.49. The van der Waals surface area contributed by atoms with Crippen molar-refractivity contribution in [3.63, 3.8) is 0 Å². The number of hydrogen-bond donors (Lipinski definition) is 1. The average molecular weight is 524 g/mol. The number of amides is 2. The van der Waals surface area contributed by atoms with E-state index in [1.54, 1.807) is 17.0 Å². The minimum absolute atomic E-state index is 0.0964. The Bertz CT molecular complexity index is 1190. The van der Waals surface area contributed by atoms with Gasteiger partial charge in [-0.15, -0.1) is 0 Å². The van der Waals surface area contributed by atoms with Gasteiger partial charge in [0.1, 0.15) is 6.04 Å². The minimum Gasteiger partial charge on any atom is -0.352 e. The smallest absolute Gasteiger partial charge is 0.243 e. The molecular formula is C30H32Cl2N2O2. The Hall–Kier alpha value is -2.82. The fourth-order valence-corrected chi connectivity index (χ4v) is 5.18. The Morgan fingerprint density at radius 1 is 0.889 bits per heavy atom. The lowest BCUT2D eigenvalue weighted by Gasteiger charge is -2.32. The second-order valence-electron chi connectivity index (χ2n) is 9.63. The minimum atomic E-state index is -0.635. The van der Waals surface area contributed by atoms with Gasteiger partial charge in [0, 0.05) is 19.0 Å². The van der Waals surface area contributed by atoms with Crippen molar-refractivity contribution in [1.82, 2.24) is 10.2 Å². The van der Waals surface area contributed by atoms with Gasteiger partial charge in [-0.25, -0.2) is 0 Å². The topological polar surface area (TPSA) is 49.4 Å². The van der Waals surface area contributed by atoms with Gasteiger partial charge in [-0.2, -0.15) is 0 Å². The molecule has 1 aliphatic rings. The predicted molar refractivity (Wildman–Crippen MR) is 146 cm³/mol. The Kier molecular flexibility index (Phi) is 9.06. The van der Waals surface area contributed by atoms with Gasteiger partial charge in [0.25, 0.3) is 0 Å². The zero-order chi connectivity index (χ0) is 25.5. The molecule has 1 atom stereocenters. The number of nitrogens with zero attached hydrogens (tertiary/aromatic N) is 1. The van der Waals surface area contributed by atoms with Crippen molar-refractivity contribution in [2.45, 2.75) is 64.1 Å². The summed E-state index contributed by atoms with van der Waals surface area (Å²) in [4.78, 5) is 29.3. The molecule has 0 aromatic heterocycles. The van der Waals surface area contributed by atoms with Crippen molar-refractivity contribution in [2.75, 3.05) is 0 Å². The first-order valence-corrected chi connectivity index (χ1v) is 13.3. The molecule has 6 heteroatoms. The van der Waals surface area contributed by atoms with E-state index in [-0.39, 0.29) is 24.3 Å². The highest BCUT2D eigenvalue weighted by molar-refractivity contribution is 6.42. The summed E-state index contributed by atoms with van der Waals surface area (Å²) in [7, 11) is 0. The van der Waals surface area contributed by atoms with Crippen LogP contribution in [0.3, 0.4) is 0 Å². The Labute approximate surface area is 223 Å². The molecule has 2 amide bonds. The van der Waals surface area contributed by atoms with Gasteiger partial charge in [0.2, 0.25) is 11.8 Å². The number of aryl methyl sites for hydroxylation is 1. The molecule has 1 saturated carbocycles. The van der Waals surface area contributed by atoms with E-state index in [0.29, 0.717) is 23.0 Å². The number of nitrogens with one attached hydrogen (secondary N) is 1. The van der Waals surface area contributed by atoms with Crippen LogP contribution in [0.25, 0.3) is 0 Å². The summed E-state index contributed by atoms with van der Waals surface area (Å²) >= 11 is 12.3. The highest BCUT2D eigenvalue weighted by Crippen LogP contribution is 2.24. The van der Waals surface area contributed by atoms with Gasteiger partial charge in [-0.05, 0) is 48.6 Å². The summed E-state index contributed by atoms with van der Waals surface area (Å²) in [5.41, 5.74) is 3.88. The van der Waals surface area contributed by atoms with Crippen LogP contribution in [-0.4, -0.2) is 28.8 Å². The van der Waals surface area contributed by atoms with Crippen molar-refractivity contribution in [3.8, 4) is 0 Å². The highest BCUT2D eigenvalue weighted by Gasteiger charge is 2.32. The highest BCUT2D eigenvalue weighted by atomic mass is 35.5. The molecule has 188 valence electrons. The van der Waals surface area contributed by atoms with Crippen molar-refractivity contribution < 1.29 is 9.59 Å². The van der Waals surface area contributed by atoms with Crippen LogP contribution in [0.2, 0.25) is 10.0 Å². The lowest BCUT2D eigenvalue weighted by atomic mass is 10.0. The van der Waals surface area contributed by atoms with Crippen molar-refractivity contribution in [1.29, 1.82) is 0 Å². The number of halogens is 2. The first-order chi connectivity index (χ1) is 17.4. The van der Waals surface area contributed by atoms with Crippen LogP contribution in [0.4, 0.5) is 0 Å². The van der Waals surface area contributed by atoms with E-state index >= 15 is 0 Å². The maximum atomic E-state index is 13.8. The molecule has 36 heavy (non-hydrogen) atoms. The van der Waals surface area contributed by atoms with E-state index in [0.717, 1.165) is 47.9 Å². The maximum Gasteiger partial charge on any atom is 0.243 e. The molecule has 1 N–H and O–H groups in total. The molecule has 4 nitrogen and oxygen atoms in total. The van der Waals surface area contributed by atoms with Crippen molar-refractivity contribution >= 4 is 35.0 Å². The van der Waals surface area contributed by atoms with Crippen LogP contribution in [-0.2, 0) is 29.0 Å². The lowest BCUT2D eigenvalue weighted by Crippen LogP contribution is -2.52. The largest absolute Gasteiger partial charge is 0.352 e. The van der Waals surface area contributed by atoms with Gasteiger partial charge in [-0.1, -0.05) is 102 Å². The first-order valence-electron chi connectivity index (χ1n) is 12.5. The van der Waals surface area contributed by atoms with Gasteiger partial charge >= 0.3 is 0 Å². The van der Waals surface area contributed by atoms with Crippen molar-refractivity contribution in [2.24, 2.45) is 0 Å². The summed E-state index contributed by atoms with van der Waals surface area (Å²) < 4.78 is 0.